The number of benzene rings is 3. The first-order valence-electron chi connectivity index (χ1n) is 18.5. The second-order valence-corrected chi connectivity index (χ2v) is 15.5. The smallest absolute Gasteiger partial charge is 0.318 e. The summed E-state index contributed by atoms with van der Waals surface area (Å²) >= 11 is 13.0. The number of aromatic nitrogens is 4. The number of hydrogen-bond acceptors (Lipinski definition) is 9. The lowest BCUT2D eigenvalue weighted by Gasteiger charge is -2.45. The van der Waals surface area contributed by atoms with Crippen LogP contribution in [0.4, 0.5) is 4.79 Å². The first-order chi connectivity index (χ1) is 26.6. The Hall–Kier alpha value is -4.76. The number of aromatic amines is 1. The highest BCUT2D eigenvalue weighted by Crippen LogP contribution is 2.42. The zero-order valence-electron chi connectivity index (χ0n) is 30.7. The number of methoxy groups -OCH3 is 1. The van der Waals surface area contributed by atoms with E-state index in [9.17, 15) is 19.5 Å². The van der Waals surface area contributed by atoms with E-state index in [0.717, 1.165) is 56.4 Å². The molecule has 0 aliphatic carbocycles. The summed E-state index contributed by atoms with van der Waals surface area (Å²) in [6.45, 7) is 5.31. The standard InChI is InChI=1S/C39H45Cl2N9O5/c1-55-33-10-7-27(35-43-45-46-44-35)23-30(33)36(53)50-18-12-38(26-50,29-8-9-31(40)32(41)24-29)11-15-47-16-13-39(14-17-47,28-5-3-2-4-6-28)42-37(54)49-21-19-48(20-22-49)25-34(51)52/h2-10,23-24H,11-22,25-26H2,1H3,(H,42,54)(H,51,52)(H,43,44,45,46)/t38-/m1/s1. The summed E-state index contributed by atoms with van der Waals surface area (Å²) in [4.78, 5) is 47.1. The lowest BCUT2D eigenvalue weighted by molar-refractivity contribution is -0.138. The van der Waals surface area contributed by atoms with Crippen LogP contribution in [0.15, 0.2) is 66.7 Å². The van der Waals surface area contributed by atoms with E-state index >= 15 is 0 Å². The number of carboxylic acids is 1. The first kappa shape index (κ1) is 38.5. The summed E-state index contributed by atoms with van der Waals surface area (Å²) in [5, 5.41) is 27.8. The normalized spacial score (nSPS) is 20.3. The lowest BCUT2D eigenvalue weighted by Crippen LogP contribution is -2.59. The van der Waals surface area contributed by atoms with E-state index in [1.807, 2.05) is 46.2 Å². The zero-order valence-corrected chi connectivity index (χ0v) is 32.2. The molecule has 0 radical (unpaired) electrons. The van der Waals surface area contributed by atoms with Gasteiger partial charge in [-0.3, -0.25) is 14.5 Å². The average Bonchev–Trinajstić information content (AvgIpc) is 3.91. The predicted molar refractivity (Wildman–Crippen MR) is 207 cm³/mol. The second kappa shape index (κ2) is 16.5. The maximum Gasteiger partial charge on any atom is 0.318 e. The van der Waals surface area contributed by atoms with Crippen LogP contribution in [0.25, 0.3) is 11.4 Å². The van der Waals surface area contributed by atoms with Gasteiger partial charge in [0.1, 0.15) is 5.75 Å². The third-order valence-corrected chi connectivity index (χ3v) is 12.3. The fourth-order valence-electron chi connectivity index (χ4n) is 8.28. The van der Waals surface area contributed by atoms with Gasteiger partial charge >= 0.3 is 12.0 Å². The Morgan fingerprint density at radius 2 is 1.62 bits per heavy atom. The van der Waals surface area contributed by atoms with E-state index in [0.29, 0.717) is 72.0 Å². The third kappa shape index (κ3) is 8.42. The van der Waals surface area contributed by atoms with Crippen LogP contribution in [0.2, 0.25) is 10.0 Å². The van der Waals surface area contributed by atoms with Crippen LogP contribution in [0.1, 0.15) is 47.2 Å². The van der Waals surface area contributed by atoms with Gasteiger partial charge in [0, 0.05) is 63.3 Å². The number of halogens is 2. The molecule has 0 bridgehead atoms. The van der Waals surface area contributed by atoms with E-state index in [1.54, 1.807) is 30.2 Å². The van der Waals surface area contributed by atoms with Crippen molar-refractivity contribution >= 4 is 41.1 Å². The van der Waals surface area contributed by atoms with Crippen molar-refractivity contribution < 1.29 is 24.2 Å². The van der Waals surface area contributed by atoms with Crippen molar-refractivity contribution in [1.82, 2.24) is 45.5 Å². The molecule has 1 aromatic heterocycles. The topological polar surface area (TPSA) is 160 Å². The van der Waals surface area contributed by atoms with Crippen LogP contribution in [-0.4, -0.2) is 136 Å². The van der Waals surface area contributed by atoms with Gasteiger partial charge in [-0.05, 0) is 78.9 Å². The number of carboxylic acid groups (broad SMARTS) is 1. The van der Waals surface area contributed by atoms with Crippen LogP contribution >= 0.6 is 23.2 Å². The predicted octanol–water partition coefficient (Wildman–Crippen LogP) is 4.76. The van der Waals surface area contributed by atoms with Crippen molar-refractivity contribution in [3.05, 3.63) is 93.5 Å². The largest absolute Gasteiger partial charge is 0.496 e. The van der Waals surface area contributed by atoms with Crippen molar-refractivity contribution in [1.29, 1.82) is 0 Å². The van der Waals surface area contributed by atoms with Gasteiger partial charge in [0.25, 0.3) is 5.91 Å². The number of carbonyl (C=O) groups is 3. The highest BCUT2D eigenvalue weighted by Gasteiger charge is 2.44. The summed E-state index contributed by atoms with van der Waals surface area (Å²) in [5.41, 5.74) is 2.26. The molecule has 3 aromatic carbocycles. The number of carbonyl (C=O) groups excluding carboxylic acids is 2. The summed E-state index contributed by atoms with van der Waals surface area (Å²) < 4.78 is 5.61. The molecule has 55 heavy (non-hydrogen) atoms. The van der Waals surface area contributed by atoms with E-state index in [2.05, 4.69) is 43.0 Å². The molecule has 14 nitrogen and oxygen atoms in total. The van der Waals surface area contributed by atoms with Crippen molar-refractivity contribution in [2.45, 2.75) is 36.6 Å². The molecular formula is C39H45Cl2N9O5. The van der Waals surface area contributed by atoms with Gasteiger partial charge in [-0.1, -0.05) is 59.6 Å². The Balaban J connectivity index is 1.06. The third-order valence-electron chi connectivity index (χ3n) is 11.5. The van der Waals surface area contributed by atoms with Crippen molar-refractivity contribution in [3.8, 4) is 17.1 Å². The van der Waals surface area contributed by atoms with Gasteiger partial charge in [-0.2, -0.15) is 5.21 Å². The van der Waals surface area contributed by atoms with Gasteiger partial charge in [0.15, 0.2) is 0 Å². The zero-order chi connectivity index (χ0) is 38.6. The van der Waals surface area contributed by atoms with Gasteiger partial charge in [-0.15, -0.1) is 10.2 Å². The highest BCUT2D eigenvalue weighted by molar-refractivity contribution is 6.42. The number of aliphatic carboxylic acids is 1. The van der Waals surface area contributed by atoms with Crippen LogP contribution in [0.3, 0.4) is 0 Å². The van der Waals surface area contributed by atoms with Crippen molar-refractivity contribution in [2.24, 2.45) is 0 Å². The summed E-state index contributed by atoms with van der Waals surface area (Å²) in [5.74, 6) is -0.157. The molecule has 3 saturated heterocycles. The number of tetrazole rings is 1. The number of nitrogens with zero attached hydrogens (tertiary/aromatic N) is 7. The van der Waals surface area contributed by atoms with Crippen LogP contribution in [0, 0.1) is 0 Å². The fraction of sp³-hybridized carbons (Fsp3) is 0.436. The molecule has 0 unspecified atom stereocenters. The summed E-state index contributed by atoms with van der Waals surface area (Å²) in [6.07, 6.45) is 2.96. The number of urea groups is 1. The number of nitrogens with one attached hydrogen (secondary N) is 2. The molecule has 7 rings (SSSR count). The van der Waals surface area contributed by atoms with Gasteiger partial charge in [0.05, 0.1) is 34.8 Å². The van der Waals surface area contributed by atoms with Crippen LogP contribution in [0.5, 0.6) is 5.75 Å². The lowest BCUT2D eigenvalue weighted by atomic mass is 9.76. The van der Waals surface area contributed by atoms with E-state index in [4.69, 9.17) is 27.9 Å². The number of rotatable bonds is 11. The number of ether oxygens (including phenoxy) is 1. The van der Waals surface area contributed by atoms with Crippen molar-refractivity contribution in [3.63, 3.8) is 0 Å². The van der Waals surface area contributed by atoms with Crippen LogP contribution in [-0.2, 0) is 15.7 Å². The minimum Gasteiger partial charge on any atom is -0.496 e. The van der Waals surface area contributed by atoms with Crippen LogP contribution < -0.4 is 10.1 Å². The molecule has 16 heteroatoms. The Morgan fingerprint density at radius 1 is 0.855 bits per heavy atom. The van der Waals surface area contributed by atoms with Gasteiger partial charge < -0.3 is 29.9 Å². The number of piperidine rings is 1. The number of H-pyrrole nitrogens is 1. The average molecular weight is 791 g/mol. The summed E-state index contributed by atoms with van der Waals surface area (Å²) in [7, 11) is 1.55. The Labute approximate surface area is 329 Å². The Kier molecular flexibility index (Phi) is 11.6. The van der Waals surface area contributed by atoms with E-state index < -0.39 is 11.5 Å². The summed E-state index contributed by atoms with van der Waals surface area (Å²) in [6, 6.07) is 21.1. The molecule has 3 aliphatic heterocycles. The number of piperazine rings is 1. The SMILES string of the molecule is COc1ccc(-c2nn[nH]n2)cc1C(=O)N1CC[C@@](CCN2CCC(NC(=O)N3CCN(CC(=O)O)CC3)(c3ccccc3)CC2)(c2ccc(Cl)c(Cl)c2)C1. The van der Waals surface area contributed by atoms with E-state index in [1.165, 1.54) is 0 Å². The quantitative estimate of drug-likeness (QED) is 0.193. The maximum absolute atomic E-state index is 14.2. The minimum absolute atomic E-state index is 0.0227. The molecule has 3 fully saturated rings. The number of likely N-dealkylation sites (tertiary alicyclic amines) is 2. The molecule has 4 aromatic rings. The van der Waals surface area contributed by atoms with Crippen molar-refractivity contribution in [2.75, 3.05) is 72.6 Å². The fourth-order valence-corrected chi connectivity index (χ4v) is 8.58. The number of hydrogen-bond donors (Lipinski definition) is 3. The number of amides is 3. The Morgan fingerprint density at radius 3 is 2.29 bits per heavy atom. The molecule has 4 heterocycles. The molecule has 3 amide bonds. The van der Waals surface area contributed by atoms with Gasteiger partial charge in [0.2, 0.25) is 5.82 Å². The molecule has 3 N–H and O–H groups in total. The molecular weight excluding hydrogens is 745 g/mol. The first-order valence-corrected chi connectivity index (χ1v) is 19.3. The maximum atomic E-state index is 14.2. The molecule has 3 aliphatic rings. The van der Waals surface area contributed by atoms with E-state index in [-0.39, 0.29) is 23.9 Å². The molecule has 0 spiro atoms. The minimum atomic E-state index is -0.863. The monoisotopic (exact) mass is 789 g/mol. The molecule has 1 atom stereocenters. The molecule has 290 valence electrons. The van der Waals surface area contributed by atoms with Gasteiger partial charge in [-0.25, -0.2) is 4.79 Å². The highest BCUT2D eigenvalue weighted by atomic mass is 35.5. The second-order valence-electron chi connectivity index (χ2n) is 14.7. The molecule has 0 saturated carbocycles. The Bertz CT molecular complexity index is 1990.